The van der Waals surface area contributed by atoms with Crippen molar-refractivity contribution in [1.82, 2.24) is 4.98 Å². The van der Waals surface area contributed by atoms with Crippen LogP contribution in [0.25, 0.3) is 0 Å². The molecular weight excluding hydrogens is 324 g/mol. The molecule has 6 heteroatoms. The zero-order valence-corrected chi connectivity index (χ0v) is 12.8. The van der Waals surface area contributed by atoms with E-state index in [4.69, 9.17) is 0 Å². The minimum atomic E-state index is -1.01. The number of nitrogens with zero attached hydrogens (tertiary/aromatic N) is 1. The van der Waals surface area contributed by atoms with E-state index in [1.807, 2.05) is 0 Å². The number of pyridine rings is 1. The Bertz CT molecular complexity index is 487. The van der Waals surface area contributed by atoms with E-state index in [1.165, 1.54) is 12.5 Å². The Labute approximate surface area is 126 Å². The van der Waals surface area contributed by atoms with Crippen molar-refractivity contribution in [2.45, 2.75) is 32.1 Å². The van der Waals surface area contributed by atoms with Crippen LogP contribution >= 0.6 is 15.9 Å². The van der Waals surface area contributed by atoms with Crippen LogP contribution in [0.15, 0.2) is 16.7 Å². The Balaban J connectivity index is 2.11. The summed E-state index contributed by atoms with van der Waals surface area (Å²) in [7, 11) is 0. The fourth-order valence-electron chi connectivity index (χ4n) is 2.71. The van der Waals surface area contributed by atoms with Gasteiger partial charge < -0.3 is 15.5 Å². The van der Waals surface area contributed by atoms with Crippen LogP contribution in [-0.4, -0.2) is 34.3 Å². The highest BCUT2D eigenvalue weighted by Gasteiger charge is 2.31. The Morgan fingerprint density at radius 2 is 2.10 bits per heavy atom. The van der Waals surface area contributed by atoms with E-state index in [-0.39, 0.29) is 17.6 Å². The topological polar surface area (TPSA) is 82.5 Å². The molecule has 110 valence electrons. The lowest BCUT2D eigenvalue weighted by atomic mass is 9.74. The van der Waals surface area contributed by atoms with Gasteiger partial charge in [0, 0.05) is 22.6 Å². The summed E-state index contributed by atoms with van der Waals surface area (Å²) < 4.78 is 0.634. The molecule has 1 aliphatic carbocycles. The van der Waals surface area contributed by atoms with Crippen LogP contribution in [0, 0.1) is 5.41 Å². The molecule has 1 fully saturated rings. The van der Waals surface area contributed by atoms with Gasteiger partial charge in [0.15, 0.2) is 0 Å². The number of carboxylic acid groups (broad SMARTS) is 1. The Morgan fingerprint density at radius 1 is 1.40 bits per heavy atom. The summed E-state index contributed by atoms with van der Waals surface area (Å²) >= 11 is 3.22. The third-order valence-electron chi connectivity index (χ3n) is 3.97. The molecular formula is C14H19BrN2O3. The molecule has 0 radical (unpaired) electrons. The average Bonchev–Trinajstić information content (AvgIpc) is 2.47. The lowest BCUT2D eigenvalue weighted by Crippen LogP contribution is -2.36. The van der Waals surface area contributed by atoms with Gasteiger partial charge >= 0.3 is 5.97 Å². The summed E-state index contributed by atoms with van der Waals surface area (Å²) in [4.78, 5) is 15.4. The van der Waals surface area contributed by atoms with Crippen LogP contribution in [0.3, 0.4) is 0 Å². The van der Waals surface area contributed by atoms with Gasteiger partial charge in [0.05, 0.1) is 6.61 Å². The first kappa shape index (κ1) is 15.3. The van der Waals surface area contributed by atoms with E-state index in [0.29, 0.717) is 16.8 Å². The highest BCUT2D eigenvalue weighted by Crippen LogP contribution is 2.36. The van der Waals surface area contributed by atoms with Crippen molar-refractivity contribution < 1.29 is 15.0 Å². The van der Waals surface area contributed by atoms with E-state index in [2.05, 4.69) is 26.2 Å². The van der Waals surface area contributed by atoms with E-state index >= 15 is 0 Å². The molecule has 0 aromatic carbocycles. The molecule has 0 atom stereocenters. The number of aliphatic hydroxyl groups excluding tert-OH is 1. The highest BCUT2D eigenvalue weighted by atomic mass is 79.9. The highest BCUT2D eigenvalue weighted by molar-refractivity contribution is 9.10. The number of carbonyl (C=O) groups is 1. The molecule has 2 rings (SSSR count). The zero-order chi connectivity index (χ0) is 14.6. The molecule has 1 heterocycles. The van der Waals surface area contributed by atoms with E-state index in [9.17, 15) is 15.0 Å². The Hall–Kier alpha value is -1.14. The lowest BCUT2D eigenvalue weighted by Gasteiger charge is -2.35. The molecule has 0 unspecified atom stereocenters. The Morgan fingerprint density at radius 3 is 2.70 bits per heavy atom. The molecule has 0 aliphatic heterocycles. The van der Waals surface area contributed by atoms with E-state index in [1.54, 1.807) is 6.20 Å². The fourth-order valence-corrected chi connectivity index (χ4v) is 3.04. The summed E-state index contributed by atoms with van der Waals surface area (Å²) in [5, 5.41) is 22.0. The number of aromatic nitrogens is 1. The van der Waals surface area contributed by atoms with Gasteiger partial charge in [-0.25, -0.2) is 9.78 Å². The standard InChI is InChI=1S/C14H19BrN2O3/c15-10-6-11(13(19)20)12(16-7-10)17-8-14(9-18)4-2-1-3-5-14/h6-7,18H,1-5,8-9H2,(H,16,17)(H,19,20). The molecule has 0 bridgehead atoms. The SMILES string of the molecule is O=C(O)c1cc(Br)cnc1NCC1(CO)CCCCC1. The van der Waals surface area contributed by atoms with E-state index in [0.717, 1.165) is 25.7 Å². The molecule has 0 amide bonds. The zero-order valence-electron chi connectivity index (χ0n) is 11.2. The largest absolute Gasteiger partial charge is 0.478 e. The first-order chi connectivity index (χ1) is 9.56. The predicted octanol–water partition coefficient (Wildman–Crippen LogP) is 2.90. The minimum Gasteiger partial charge on any atom is -0.478 e. The molecule has 0 saturated heterocycles. The fraction of sp³-hybridized carbons (Fsp3) is 0.571. The second-order valence-electron chi connectivity index (χ2n) is 5.43. The average molecular weight is 343 g/mol. The van der Waals surface area contributed by atoms with Gasteiger partial charge in [0.2, 0.25) is 0 Å². The molecule has 1 aromatic heterocycles. The van der Waals surface area contributed by atoms with Crippen molar-refractivity contribution in [1.29, 1.82) is 0 Å². The number of carboxylic acids is 1. The normalized spacial score (nSPS) is 17.7. The Kier molecular flexibility index (Phi) is 4.99. The number of hydrogen-bond acceptors (Lipinski definition) is 4. The second-order valence-corrected chi connectivity index (χ2v) is 6.34. The summed E-state index contributed by atoms with van der Waals surface area (Å²) in [6.07, 6.45) is 6.94. The first-order valence-corrected chi connectivity index (χ1v) is 7.59. The van der Waals surface area contributed by atoms with E-state index < -0.39 is 5.97 Å². The number of anilines is 1. The third-order valence-corrected chi connectivity index (χ3v) is 4.40. The molecule has 0 spiro atoms. The molecule has 3 N–H and O–H groups in total. The van der Waals surface area contributed by atoms with Crippen molar-refractivity contribution in [3.63, 3.8) is 0 Å². The number of rotatable bonds is 5. The molecule has 20 heavy (non-hydrogen) atoms. The summed E-state index contributed by atoms with van der Waals surface area (Å²) in [5.74, 6) is -0.651. The first-order valence-electron chi connectivity index (χ1n) is 6.80. The maximum Gasteiger partial charge on any atom is 0.339 e. The minimum absolute atomic E-state index is 0.124. The van der Waals surface area contributed by atoms with Gasteiger partial charge in [-0.05, 0) is 34.8 Å². The van der Waals surface area contributed by atoms with Crippen molar-refractivity contribution >= 4 is 27.7 Å². The molecule has 1 aliphatic rings. The van der Waals surface area contributed by atoms with Gasteiger partial charge in [-0.15, -0.1) is 0 Å². The van der Waals surface area contributed by atoms with Crippen LogP contribution in [0.4, 0.5) is 5.82 Å². The third kappa shape index (κ3) is 3.49. The van der Waals surface area contributed by atoms with Gasteiger partial charge in [-0.2, -0.15) is 0 Å². The van der Waals surface area contributed by atoms with Gasteiger partial charge in [-0.1, -0.05) is 19.3 Å². The summed E-state index contributed by atoms with van der Waals surface area (Å²) in [6, 6.07) is 1.53. The number of halogens is 1. The maximum atomic E-state index is 11.2. The van der Waals surface area contributed by atoms with Crippen LogP contribution in [0.1, 0.15) is 42.5 Å². The maximum absolute atomic E-state index is 11.2. The van der Waals surface area contributed by atoms with Crippen molar-refractivity contribution in [2.24, 2.45) is 5.41 Å². The number of aromatic carboxylic acids is 1. The van der Waals surface area contributed by atoms with Crippen LogP contribution in [0.5, 0.6) is 0 Å². The smallest absolute Gasteiger partial charge is 0.339 e. The quantitative estimate of drug-likeness (QED) is 0.766. The van der Waals surface area contributed by atoms with Crippen molar-refractivity contribution in [3.05, 3.63) is 22.3 Å². The second kappa shape index (κ2) is 6.54. The van der Waals surface area contributed by atoms with Crippen molar-refractivity contribution in [2.75, 3.05) is 18.5 Å². The van der Waals surface area contributed by atoms with Gasteiger partial charge in [-0.3, -0.25) is 0 Å². The van der Waals surface area contributed by atoms with Crippen molar-refractivity contribution in [3.8, 4) is 0 Å². The number of aliphatic hydroxyl groups is 1. The monoisotopic (exact) mass is 342 g/mol. The lowest BCUT2D eigenvalue weighted by molar-refractivity contribution is 0.0697. The number of nitrogens with one attached hydrogen (secondary N) is 1. The van der Waals surface area contributed by atoms with Crippen LogP contribution < -0.4 is 5.32 Å². The molecule has 1 aromatic rings. The van der Waals surface area contributed by atoms with Gasteiger partial charge in [0.25, 0.3) is 0 Å². The van der Waals surface area contributed by atoms with Crippen LogP contribution in [0.2, 0.25) is 0 Å². The predicted molar refractivity (Wildman–Crippen MR) is 80.0 cm³/mol. The number of hydrogen-bond donors (Lipinski definition) is 3. The molecule has 1 saturated carbocycles. The van der Waals surface area contributed by atoms with Crippen LogP contribution in [-0.2, 0) is 0 Å². The molecule has 5 nitrogen and oxygen atoms in total. The summed E-state index contributed by atoms with van der Waals surface area (Å²) in [5.41, 5.74) is -0.00810. The summed E-state index contributed by atoms with van der Waals surface area (Å²) in [6.45, 7) is 0.678. The van der Waals surface area contributed by atoms with Gasteiger partial charge in [0.1, 0.15) is 11.4 Å².